The molecule has 0 aliphatic heterocycles. The summed E-state index contributed by atoms with van der Waals surface area (Å²) in [5, 5.41) is 4.27. The molecule has 1 N–H and O–H groups in total. The van der Waals surface area contributed by atoms with Crippen molar-refractivity contribution in [3.63, 3.8) is 0 Å². The minimum absolute atomic E-state index is 0.00626. The van der Waals surface area contributed by atoms with Crippen LogP contribution in [0.4, 0.5) is 5.69 Å². The zero-order valence-corrected chi connectivity index (χ0v) is 20.2. The van der Waals surface area contributed by atoms with Crippen molar-refractivity contribution in [1.82, 2.24) is 5.43 Å². The Labute approximate surface area is 202 Å². The van der Waals surface area contributed by atoms with Crippen LogP contribution in [0.15, 0.2) is 82.8 Å². The number of sulfonamides is 1. The molecule has 3 aromatic carbocycles. The Hall–Kier alpha value is -3.07. The molecule has 33 heavy (non-hydrogen) atoms. The lowest BCUT2D eigenvalue weighted by Crippen LogP contribution is -2.40. The van der Waals surface area contributed by atoms with E-state index in [1.54, 1.807) is 62.6 Å². The molecule has 0 aliphatic carbocycles. The predicted molar refractivity (Wildman–Crippen MR) is 131 cm³/mol. The van der Waals surface area contributed by atoms with E-state index in [9.17, 15) is 13.2 Å². The molecule has 172 valence electrons. The first-order valence-electron chi connectivity index (χ1n) is 9.73. The standard InChI is InChI=1S/C23H21Cl2N3O4S/c1-16(17-11-13-18(32-2)14-12-17)26-27-22(29)15-28(21-10-6-9-20(24)23(21)25)33(30,31)19-7-4-3-5-8-19/h3-14H,15H2,1-2H3,(H,27,29)/b26-16+. The van der Waals surface area contributed by atoms with Crippen LogP contribution in [0.2, 0.25) is 10.0 Å². The van der Waals surface area contributed by atoms with Gasteiger partial charge in [0.15, 0.2) is 0 Å². The van der Waals surface area contributed by atoms with E-state index in [0.717, 1.165) is 9.87 Å². The molecule has 0 saturated heterocycles. The number of nitrogens with zero attached hydrogens (tertiary/aromatic N) is 2. The van der Waals surface area contributed by atoms with E-state index in [-0.39, 0.29) is 20.6 Å². The van der Waals surface area contributed by atoms with Gasteiger partial charge in [-0.05, 0) is 61.0 Å². The second kappa shape index (κ2) is 10.7. The number of nitrogens with one attached hydrogen (secondary N) is 1. The lowest BCUT2D eigenvalue weighted by molar-refractivity contribution is -0.119. The molecule has 10 heteroatoms. The largest absolute Gasteiger partial charge is 0.497 e. The van der Waals surface area contributed by atoms with Gasteiger partial charge in [0, 0.05) is 0 Å². The molecule has 0 bridgehead atoms. The van der Waals surface area contributed by atoms with Crippen molar-refractivity contribution < 1.29 is 17.9 Å². The number of halogens is 2. The van der Waals surface area contributed by atoms with Crippen LogP contribution in [0, 0.1) is 0 Å². The first-order valence-corrected chi connectivity index (χ1v) is 11.9. The Morgan fingerprint density at radius 2 is 1.67 bits per heavy atom. The molecular formula is C23H21Cl2N3O4S. The number of hydrogen-bond donors (Lipinski definition) is 1. The summed E-state index contributed by atoms with van der Waals surface area (Å²) < 4.78 is 32.7. The van der Waals surface area contributed by atoms with Gasteiger partial charge in [-0.3, -0.25) is 9.10 Å². The van der Waals surface area contributed by atoms with Gasteiger partial charge < -0.3 is 4.74 Å². The van der Waals surface area contributed by atoms with Gasteiger partial charge in [-0.2, -0.15) is 5.10 Å². The lowest BCUT2D eigenvalue weighted by atomic mass is 10.1. The molecule has 0 unspecified atom stereocenters. The molecule has 7 nitrogen and oxygen atoms in total. The molecule has 0 heterocycles. The van der Waals surface area contributed by atoms with Crippen molar-refractivity contribution in [3.05, 3.63) is 88.4 Å². The number of hydrogen-bond acceptors (Lipinski definition) is 5. The van der Waals surface area contributed by atoms with Crippen LogP contribution < -0.4 is 14.5 Å². The Balaban J connectivity index is 1.88. The molecule has 1 amide bonds. The van der Waals surface area contributed by atoms with E-state index in [1.165, 1.54) is 24.3 Å². The Kier molecular flexibility index (Phi) is 7.97. The highest BCUT2D eigenvalue weighted by Gasteiger charge is 2.29. The maximum absolute atomic E-state index is 13.3. The summed E-state index contributed by atoms with van der Waals surface area (Å²) in [6.45, 7) is 1.16. The number of carbonyl (C=O) groups excluding carboxylic acids is 1. The summed E-state index contributed by atoms with van der Waals surface area (Å²) in [5.74, 6) is 0.0363. The number of anilines is 1. The van der Waals surface area contributed by atoms with Gasteiger partial charge in [-0.25, -0.2) is 13.8 Å². The zero-order chi connectivity index (χ0) is 24.0. The molecule has 0 aliphatic rings. The maximum atomic E-state index is 13.3. The van der Waals surface area contributed by atoms with Gasteiger partial charge >= 0.3 is 0 Å². The topological polar surface area (TPSA) is 88.1 Å². The molecule has 3 rings (SSSR count). The van der Waals surface area contributed by atoms with Crippen molar-refractivity contribution in [2.75, 3.05) is 18.0 Å². The minimum atomic E-state index is -4.12. The third-order valence-electron chi connectivity index (χ3n) is 4.67. The summed E-state index contributed by atoms with van der Waals surface area (Å²) in [4.78, 5) is 12.7. The lowest BCUT2D eigenvalue weighted by Gasteiger charge is -2.25. The smallest absolute Gasteiger partial charge is 0.264 e. The number of rotatable bonds is 8. The average Bonchev–Trinajstić information content (AvgIpc) is 2.83. The highest BCUT2D eigenvalue weighted by atomic mass is 35.5. The third kappa shape index (κ3) is 5.84. The molecule has 3 aromatic rings. The van der Waals surface area contributed by atoms with Crippen molar-refractivity contribution in [1.29, 1.82) is 0 Å². The molecule has 0 aromatic heterocycles. The fourth-order valence-electron chi connectivity index (χ4n) is 2.91. The molecule has 0 spiro atoms. The summed E-state index contributed by atoms with van der Waals surface area (Å²) in [7, 11) is -2.55. The fraction of sp³-hybridized carbons (Fsp3) is 0.130. The second-order valence-corrected chi connectivity index (χ2v) is 9.51. The number of carbonyl (C=O) groups is 1. The normalized spacial score (nSPS) is 11.7. The van der Waals surface area contributed by atoms with Gasteiger partial charge in [-0.1, -0.05) is 47.5 Å². The quantitative estimate of drug-likeness (QED) is 0.353. The number of benzene rings is 3. The third-order valence-corrected chi connectivity index (χ3v) is 7.26. The van der Waals surface area contributed by atoms with Gasteiger partial charge in [0.2, 0.25) is 0 Å². The SMILES string of the molecule is COc1ccc(/C(C)=N/NC(=O)CN(c2cccc(Cl)c2Cl)S(=O)(=O)c2ccccc2)cc1. The number of methoxy groups -OCH3 is 1. The maximum Gasteiger partial charge on any atom is 0.264 e. The van der Waals surface area contributed by atoms with E-state index in [0.29, 0.717) is 11.5 Å². The summed E-state index contributed by atoms with van der Waals surface area (Å²) in [5.41, 5.74) is 3.78. The molecule has 0 atom stereocenters. The van der Waals surface area contributed by atoms with Crippen LogP contribution in [0.5, 0.6) is 5.75 Å². The summed E-state index contributed by atoms with van der Waals surface area (Å²) in [6.07, 6.45) is 0. The first kappa shape index (κ1) is 24.6. The van der Waals surface area contributed by atoms with Crippen LogP contribution in [-0.2, 0) is 14.8 Å². The Morgan fingerprint density at radius 3 is 2.30 bits per heavy atom. The zero-order valence-electron chi connectivity index (χ0n) is 17.8. The summed E-state index contributed by atoms with van der Waals surface area (Å²) >= 11 is 12.4. The minimum Gasteiger partial charge on any atom is -0.497 e. The van der Waals surface area contributed by atoms with Gasteiger partial charge in [-0.15, -0.1) is 0 Å². The van der Waals surface area contributed by atoms with Crippen molar-refractivity contribution in [2.24, 2.45) is 5.10 Å². The highest BCUT2D eigenvalue weighted by molar-refractivity contribution is 7.92. The molecule has 0 radical (unpaired) electrons. The van der Waals surface area contributed by atoms with E-state index in [2.05, 4.69) is 10.5 Å². The van der Waals surface area contributed by atoms with E-state index < -0.39 is 22.5 Å². The molecular weight excluding hydrogens is 485 g/mol. The van der Waals surface area contributed by atoms with Gasteiger partial charge in [0.05, 0.1) is 33.4 Å². The van der Waals surface area contributed by atoms with E-state index >= 15 is 0 Å². The van der Waals surface area contributed by atoms with Crippen molar-refractivity contribution in [2.45, 2.75) is 11.8 Å². The second-order valence-electron chi connectivity index (χ2n) is 6.86. The van der Waals surface area contributed by atoms with Crippen LogP contribution >= 0.6 is 23.2 Å². The predicted octanol–water partition coefficient (Wildman–Crippen LogP) is 4.74. The van der Waals surface area contributed by atoms with Crippen LogP contribution in [-0.4, -0.2) is 33.7 Å². The van der Waals surface area contributed by atoms with Crippen LogP contribution in [0.3, 0.4) is 0 Å². The van der Waals surface area contributed by atoms with Crippen LogP contribution in [0.1, 0.15) is 12.5 Å². The molecule has 0 saturated carbocycles. The number of hydrazone groups is 1. The van der Waals surface area contributed by atoms with Crippen molar-refractivity contribution in [3.8, 4) is 5.75 Å². The number of ether oxygens (including phenoxy) is 1. The Bertz CT molecular complexity index is 1260. The van der Waals surface area contributed by atoms with Crippen LogP contribution in [0.25, 0.3) is 0 Å². The summed E-state index contributed by atoms with van der Waals surface area (Å²) in [6, 6.07) is 19.4. The van der Waals surface area contributed by atoms with Crippen molar-refractivity contribution >= 4 is 50.5 Å². The first-order chi connectivity index (χ1) is 15.7. The average molecular weight is 506 g/mol. The highest BCUT2D eigenvalue weighted by Crippen LogP contribution is 2.35. The Morgan fingerprint density at radius 1 is 1.00 bits per heavy atom. The number of amides is 1. The van der Waals surface area contributed by atoms with Gasteiger partial charge in [0.25, 0.3) is 15.9 Å². The van der Waals surface area contributed by atoms with E-state index in [4.69, 9.17) is 27.9 Å². The molecule has 0 fully saturated rings. The monoisotopic (exact) mass is 505 g/mol. The fourth-order valence-corrected chi connectivity index (χ4v) is 4.81. The van der Waals surface area contributed by atoms with Gasteiger partial charge in [0.1, 0.15) is 12.3 Å². The van der Waals surface area contributed by atoms with E-state index in [1.807, 2.05) is 0 Å².